The van der Waals surface area contributed by atoms with Crippen LogP contribution in [0.4, 0.5) is 0 Å². The van der Waals surface area contributed by atoms with E-state index in [4.69, 9.17) is 4.74 Å². The standard InChI is InChI=1S/C16H27NO/c1-5-6-7-11-15(17-4)14-10-8-9-12-16(14)18-13(2)3/h8-10,12-13,15,17H,5-7,11H2,1-4H3. The van der Waals surface area contributed by atoms with E-state index in [2.05, 4.69) is 44.3 Å². The van der Waals surface area contributed by atoms with Crippen molar-refractivity contribution >= 4 is 0 Å². The monoisotopic (exact) mass is 249 g/mol. The number of unbranched alkanes of at least 4 members (excludes halogenated alkanes) is 2. The molecule has 2 heteroatoms. The number of hydrogen-bond acceptors (Lipinski definition) is 2. The molecular weight excluding hydrogens is 222 g/mol. The fourth-order valence-corrected chi connectivity index (χ4v) is 2.18. The number of ether oxygens (including phenoxy) is 1. The molecule has 0 saturated carbocycles. The smallest absolute Gasteiger partial charge is 0.124 e. The van der Waals surface area contributed by atoms with Gasteiger partial charge in [-0.15, -0.1) is 0 Å². The molecule has 18 heavy (non-hydrogen) atoms. The summed E-state index contributed by atoms with van der Waals surface area (Å²) < 4.78 is 5.89. The van der Waals surface area contributed by atoms with E-state index in [1.165, 1.54) is 31.2 Å². The maximum absolute atomic E-state index is 5.89. The summed E-state index contributed by atoms with van der Waals surface area (Å²) in [7, 11) is 2.03. The van der Waals surface area contributed by atoms with E-state index in [0.29, 0.717) is 6.04 Å². The van der Waals surface area contributed by atoms with Gasteiger partial charge in [-0.3, -0.25) is 0 Å². The van der Waals surface area contributed by atoms with E-state index >= 15 is 0 Å². The van der Waals surface area contributed by atoms with Gasteiger partial charge in [0, 0.05) is 11.6 Å². The molecule has 0 saturated heterocycles. The molecule has 2 nitrogen and oxygen atoms in total. The molecule has 102 valence electrons. The quantitative estimate of drug-likeness (QED) is 0.693. The third-order valence-electron chi connectivity index (χ3n) is 3.10. The van der Waals surface area contributed by atoms with E-state index in [1.54, 1.807) is 0 Å². The molecule has 1 rings (SSSR count). The second-order valence-corrected chi connectivity index (χ2v) is 5.04. The van der Waals surface area contributed by atoms with Gasteiger partial charge in [-0.25, -0.2) is 0 Å². The third kappa shape index (κ3) is 4.69. The molecule has 0 aliphatic rings. The largest absolute Gasteiger partial charge is 0.491 e. The van der Waals surface area contributed by atoms with Crippen LogP contribution in [-0.2, 0) is 0 Å². The van der Waals surface area contributed by atoms with Crippen LogP contribution < -0.4 is 10.1 Å². The lowest BCUT2D eigenvalue weighted by Gasteiger charge is -2.21. The zero-order valence-corrected chi connectivity index (χ0v) is 12.2. The van der Waals surface area contributed by atoms with Crippen LogP contribution in [0, 0.1) is 0 Å². The van der Waals surface area contributed by atoms with Crippen molar-refractivity contribution in [3.8, 4) is 5.75 Å². The highest BCUT2D eigenvalue weighted by molar-refractivity contribution is 5.36. The minimum Gasteiger partial charge on any atom is -0.491 e. The average Bonchev–Trinajstić information content (AvgIpc) is 2.35. The van der Waals surface area contributed by atoms with Crippen LogP contribution in [0.15, 0.2) is 24.3 Å². The summed E-state index contributed by atoms with van der Waals surface area (Å²) >= 11 is 0. The molecule has 0 radical (unpaired) electrons. The first kappa shape index (κ1) is 15.0. The highest BCUT2D eigenvalue weighted by atomic mass is 16.5. The van der Waals surface area contributed by atoms with Crippen molar-refractivity contribution in [2.24, 2.45) is 0 Å². The second kappa shape index (κ2) is 8.15. The molecule has 0 bridgehead atoms. The van der Waals surface area contributed by atoms with Crippen molar-refractivity contribution in [3.63, 3.8) is 0 Å². The molecule has 0 fully saturated rings. The van der Waals surface area contributed by atoms with Gasteiger partial charge < -0.3 is 10.1 Å². The highest BCUT2D eigenvalue weighted by Crippen LogP contribution is 2.29. The minimum absolute atomic E-state index is 0.222. The first-order valence-electron chi connectivity index (χ1n) is 7.11. The van der Waals surface area contributed by atoms with E-state index in [9.17, 15) is 0 Å². The van der Waals surface area contributed by atoms with Crippen LogP contribution in [0.25, 0.3) is 0 Å². The van der Waals surface area contributed by atoms with Gasteiger partial charge in [-0.2, -0.15) is 0 Å². The summed E-state index contributed by atoms with van der Waals surface area (Å²) in [5.74, 6) is 1.02. The van der Waals surface area contributed by atoms with Gasteiger partial charge in [0.25, 0.3) is 0 Å². The summed E-state index contributed by atoms with van der Waals surface area (Å²) in [5, 5.41) is 3.41. The van der Waals surface area contributed by atoms with Gasteiger partial charge in [-0.1, -0.05) is 44.4 Å². The number of hydrogen-bond donors (Lipinski definition) is 1. The summed E-state index contributed by atoms with van der Waals surface area (Å²) in [4.78, 5) is 0. The van der Waals surface area contributed by atoms with Crippen molar-refractivity contribution in [2.75, 3.05) is 7.05 Å². The fraction of sp³-hybridized carbons (Fsp3) is 0.625. The zero-order chi connectivity index (χ0) is 13.4. The summed E-state index contributed by atoms with van der Waals surface area (Å²) in [6.45, 7) is 6.38. The number of rotatable bonds is 8. The lowest BCUT2D eigenvalue weighted by molar-refractivity contribution is 0.237. The van der Waals surface area contributed by atoms with Crippen molar-refractivity contribution in [2.45, 2.75) is 58.6 Å². The molecule has 0 heterocycles. The Balaban J connectivity index is 2.77. The number of benzene rings is 1. The molecule has 0 aliphatic carbocycles. The zero-order valence-electron chi connectivity index (χ0n) is 12.2. The summed E-state index contributed by atoms with van der Waals surface area (Å²) in [6, 6.07) is 8.77. The van der Waals surface area contributed by atoms with Crippen molar-refractivity contribution in [3.05, 3.63) is 29.8 Å². The molecule has 1 unspecified atom stereocenters. The number of para-hydroxylation sites is 1. The van der Waals surface area contributed by atoms with Gasteiger partial charge >= 0.3 is 0 Å². The molecule has 0 aromatic heterocycles. The van der Waals surface area contributed by atoms with Crippen molar-refractivity contribution in [1.82, 2.24) is 5.32 Å². The Kier molecular flexibility index (Phi) is 6.81. The fourth-order valence-electron chi connectivity index (χ4n) is 2.18. The second-order valence-electron chi connectivity index (χ2n) is 5.04. The lowest BCUT2D eigenvalue weighted by atomic mass is 9.99. The predicted octanol–water partition coefficient (Wildman–Crippen LogP) is 4.31. The molecule has 1 aromatic carbocycles. The SMILES string of the molecule is CCCCCC(NC)c1ccccc1OC(C)C. The van der Waals surface area contributed by atoms with Crippen LogP contribution in [0.2, 0.25) is 0 Å². The Labute approximate surface area is 112 Å². The molecule has 1 N–H and O–H groups in total. The van der Waals surface area contributed by atoms with Crippen molar-refractivity contribution < 1.29 is 4.74 Å². The maximum atomic E-state index is 5.89. The van der Waals surface area contributed by atoms with Crippen LogP contribution in [0.1, 0.15) is 58.1 Å². The Morgan fingerprint density at radius 2 is 1.89 bits per heavy atom. The van der Waals surface area contributed by atoms with Crippen LogP contribution in [0.5, 0.6) is 5.75 Å². The highest BCUT2D eigenvalue weighted by Gasteiger charge is 2.14. The third-order valence-corrected chi connectivity index (χ3v) is 3.10. The first-order valence-corrected chi connectivity index (χ1v) is 7.11. The average molecular weight is 249 g/mol. The molecule has 0 spiro atoms. The van der Waals surface area contributed by atoms with Crippen LogP contribution >= 0.6 is 0 Å². The van der Waals surface area contributed by atoms with E-state index < -0.39 is 0 Å². The molecular formula is C16H27NO. The first-order chi connectivity index (χ1) is 8.69. The van der Waals surface area contributed by atoms with Crippen LogP contribution in [0.3, 0.4) is 0 Å². The molecule has 1 aromatic rings. The lowest BCUT2D eigenvalue weighted by Crippen LogP contribution is -2.18. The van der Waals surface area contributed by atoms with Crippen LogP contribution in [-0.4, -0.2) is 13.2 Å². The molecule has 0 amide bonds. The van der Waals surface area contributed by atoms with Gasteiger partial charge in [0.1, 0.15) is 5.75 Å². The van der Waals surface area contributed by atoms with E-state index in [-0.39, 0.29) is 6.10 Å². The van der Waals surface area contributed by atoms with Gasteiger partial charge in [0.05, 0.1) is 6.10 Å². The van der Waals surface area contributed by atoms with E-state index in [1.807, 2.05) is 13.1 Å². The maximum Gasteiger partial charge on any atom is 0.124 e. The van der Waals surface area contributed by atoms with Gasteiger partial charge in [-0.05, 0) is 33.4 Å². The summed E-state index contributed by atoms with van der Waals surface area (Å²) in [6.07, 6.45) is 5.21. The number of nitrogens with one attached hydrogen (secondary N) is 1. The minimum atomic E-state index is 0.222. The summed E-state index contributed by atoms with van der Waals surface area (Å²) in [5.41, 5.74) is 1.28. The molecule has 1 atom stereocenters. The Bertz CT molecular complexity index is 336. The normalized spacial score (nSPS) is 12.7. The van der Waals surface area contributed by atoms with Crippen molar-refractivity contribution in [1.29, 1.82) is 0 Å². The Morgan fingerprint density at radius 1 is 1.17 bits per heavy atom. The van der Waals surface area contributed by atoms with Gasteiger partial charge in [0.15, 0.2) is 0 Å². The molecule has 0 aliphatic heterocycles. The van der Waals surface area contributed by atoms with Gasteiger partial charge in [0.2, 0.25) is 0 Å². The predicted molar refractivity (Wildman–Crippen MR) is 78.1 cm³/mol. The Hall–Kier alpha value is -1.02. The van der Waals surface area contributed by atoms with E-state index in [0.717, 1.165) is 5.75 Å². The Morgan fingerprint density at radius 3 is 2.50 bits per heavy atom. The topological polar surface area (TPSA) is 21.3 Å².